The summed E-state index contributed by atoms with van der Waals surface area (Å²) in [7, 11) is 0. The van der Waals surface area contributed by atoms with E-state index in [1.54, 1.807) is 0 Å². The van der Waals surface area contributed by atoms with E-state index < -0.39 is 0 Å². The third kappa shape index (κ3) is 20.0. The van der Waals surface area contributed by atoms with E-state index in [0.29, 0.717) is 6.04 Å². The van der Waals surface area contributed by atoms with Crippen molar-refractivity contribution < 1.29 is 4.57 Å². The molecule has 0 aliphatic heterocycles. The third-order valence-electron chi connectivity index (χ3n) is 7.97. The molecule has 1 heterocycles. The van der Waals surface area contributed by atoms with Gasteiger partial charge in [0.15, 0.2) is 0 Å². The summed E-state index contributed by atoms with van der Waals surface area (Å²) in [6.07, 6.45) is 42.7. The van der Waals surface area contributed by atoms with Crippen molar-refractivity contribution in [3.63, 3.8) is 0 Å². The molecule has 1 unspecified atom stereocenters. The van der Waals surface area contributed by atoms with Gasteiger partial charge >= 0.3 is 0 Å². The van der Waals surface area contributed by atoms with Gasteiger partial charge in [-0.1, -0.05) is 149 Å². The van der Waals surface area contributed by atoms with E-state index in [-0.39, 0.29) is 0 Å². The van der Waals surface area contributed by atoms with E-state index in [0.717, 1.165) is 0 Å². The molecule has 1 rings (SSSR count). The number of nitrogens with zero attached hydrogens (tertiary/aromatic N) is 2. The normalized spacial score (nSPS) is 12.4. The van der Waals surface area contributed by atoms with Crippen molar-refractivity contribution in [2.45, 2.75) is 194 Å². The van der Waals surface area contributed by atoms with Crippen LogP contribution >= 0.6 is 0 Å². The predicted molar refractivity (Wildman–Crippen MR) is 156 cm³/mol. The number of imidazole rings is 1. The highest BCUT2D eigenvalue weighted by molar-refractivity contribution is 4.72. The quantitative estimate of drug-likeness (QED) is 0.0858. The van der Waals surface area contributed by atoms with Gasteiger partial charge < -0.3 is 0 Å². The fourth-order valence-electron chi connectivity index (χ4n) is 5.37. The lowest BCUT2D eigenvalue weighted by Gasteiger charge is -2.08. The Morgan fingerprint density at radius 3 is 1.31 bits per heavy atom. The summed E-state index contributed by atoms with van der Waals surface area (Å²) < 4.78 is 4.85. The van der Waals surface area contributed by atoms with Crippen LogP contribution in [0.1, 0.15) is 187 Å². The summed E-state index contributed by atoms with van der Waals surface area (Å²) in [5.41, 5.74) is 0. The molecular formula is C33H65N2+. The second-order valence-electron chi connectivity index (χ2n) is 11.5. The zero-order chi connectivity index (χ0) is 25.2. The average Bonchev–Trinajstić information content (AvgIpc) is 3.34. The molecule has 0 N–H and O–H groups in total. The van der Waals surface area contributed by atoms with E-state index in [4.69, 9.17) is 0 Å². The van der Waals surface area contributed by atoms with Crippen molar-refractivity contribution in [3.05, 3.63) is 18.7 Å². The molecule has 1 atom stereocenters. The first-order valence-corrected chi connectivity index (χ1v) is 16.3. The van der Waals surface area contributed by atoms with Crippen LogP contribution in [0.3, 0.4) is 0 Å². The van der Waals surface area contributed by atoms with Gasteiger partial charge in [0.05, 0.1) is 12.6 Å². The van der Waals surface area contributed by atoms with Crippen molar-refractivity contribution in [2.24, 2.45) is 0 Å². The van der Waals surface area contributed by atoms with Gasteiger partial charge in [-0.25, -0.2) is 9.13 Å². The highest BCUT2D eigenvalue weighted by Gasteiger charge is 2.11. The number of hydrogen-bond acceptors (Lipinski definition) is 0. The van der Waals surface area contributed by atoms with E-state index in [9.17, 15) is 0 Å². The molecule has 0 aliphatic rings. The Hall–Kier alpha value is -0.790. The summed E-state index contributed by atoms with van der Waals surface area (Å²) in [6, 6.07) is 0.640. The number of rotatable bonds is 27. The molecule has 0 fully saturated rings. The first-order chi connectivity index (χ1) is 17.3. The molecular weight excluding hydrogens is 424 g/mol. The maximum absolute atomic E-state index is 2.44. The molecule has 0 aromatic carbocycles. The Labute approximate surface area is 221 Å². The van der Waals surface area contributed by atoms with Gasteiger partial charge in [-0.05, 0) is 32.6 Å². The number of unbranched alkanes of at least 4 members (excludes halogenated alkanes) is 22. The molecule has 35 heavy (non-hydrogen) atoms. The molecule has 0 saturated carbocycles. The molecule has 2 heteroatoms. The van der Waals surface area contributed by atoms with Crippen LogP contribution in [0.25, 0.3) is 0 Å². The predicted octanol–water partition coefficient (Wildman–Crippen LogP) is 11.1. The Balaban J connectivity index is 1.89. The molecule has 0 aliphatic carbocycles. The summed E-state index contributed by atoms with van der Waals surface area (Å²) >= 11 is 0. The van der Waals surface area contributed by atoms with Crippen LogP contribution in [-0.4, -0.2) is 4.57 Å². The van der Waals surface area contributed by atoms with Gasteiger partial charge in [0.25, 0.3) is 0 Å². The topological polar surface area (TPSA) is 8.81 Å². The van der Waals surface area contributed by atoms with Crippen LogP contribution in [0, 0.1) is 0 Å². The minimum atomic E-state index is 0.640. The second-order valence-corrected chi connectivity index (χ2v) is 11.5. The van der Waals surface area contributed by atoms with Gasteiger partial charge in [0.2, 0.25) is 6.33 Å². The molecule has 0 amide bonds. The number of aryl methyl sites for hydroxylation is 1. The van der Waals surface area contributed by atoms with Crippen LogP contribution in [0.2, 0.25) is 0 Å². The summed E-state index contributed by atoms with van der Waals surface area (Å²) in [6.45, 7) is 8.19. The Kier molecular flexibility index (Phi) is 22.9. The summed E-state index contributed by atoms with van der Waals surface area (Å²) in [5, 5.41) is 0. The zero-order valence-electron chi connectivity index (χ0n) is 24.6. The maximum Gasteiger partial charge on any atom is 0.243 e. The Morgan fingerprint density at radius 2 is 0.886 bits per heavy atom. The molecule has 0 spiro atoms. The number of aromatic nitrogens is 2. The summed E-state index contributed by atoms with van der Waals surface area (Å²) in [5.74, 6) is 0. The van der Waals surface area contributed by atoms with Gasteiger partial charge in [0.1, 0.15) is 12.4 Å². The van der Waals surface area contributed by atoms with Crippen LogP contribution in [0.15, 0.2) is 18.7 Å². The highest BCUT2D eigenvalue weighted by atomic mass is 15.1. The monoisotopic (exact) mass is 490 g/mol. The second kappa shape index (κ2) is 24.9. The molecule has 1 aromatic heterocycles. The molecule has 0 radical (unpaired) electrons. The maximum atomic E-state index is 2.44. The summed E-state index contributed by atoms with van der Waals surface area (Å²) in [4.78, 5) is 0. The van der Waals surface area contributed by atoms with E-state index >= 15 is 0 Å². The lowest BCUT2D eigenvalue weighted by atomic mass is 10.0. The van der Waals surface area contributed by atoms with Crippen molar-refractivity contribution in [1.82, 2.24) is 4.57 Å². The lowest BCUT2D eigenvalue weighted by molar-refractivity contribution is -0.697. The zero-order valence-corrected chi connectivity index (χ0v) is 24.6. The Morgan fingerprint density at radius 1 is 0.514 bits per heavy atom. The van der Waals surface area contributed by atoms with Crippen LogP contribution in [-0.2, 0) is 6.54 Å². The van der Waals surface area contributed by atoms with Gasteiger partial charge in [0, 0.05) is 0 Å². The van der Waals surface area contributed by atoms with E-state index in [2.05, 4.69) is 48.6 Å². The lowest BCUT2D eigenvalue weighted by Crippen LogP contribution is -2.31. The molecule has 1 aromatic rings. The minimum absolute atomic E-state index is 0.640. The standard InChI is InChI=1S/C33H65N2/c1-4-6-8-10-12-14-15-16-17-18-19-20-22-24-26-28-33(3)35-31-30-34(32-35)29-27-25-23-21-13-11-9-7-5-2/h30-33H,4-29H2,1-3H3/q+1. The molecule has 2 nitrogen and oxygen atoms in total. The minimum Gasteiger partial charge on any atom is -0.237 e. The first-order valence-electron chi connectivity index (χ1n) is 16.3. The van der Waals surface area contributed by atoms with Gasteiger partial charge in [-0.2, -0.15) is 0 Å². The van der Waals surface area contributed by atoms with Gasteiger partial charge in [-0.3, -0.25) is 0 Å². The third-order valence-corrected chi connectivity index (χ3v) is 7.97. The van der Waals surface area contributed by atoms with Crippen molar-refractivity contribution in [2.75, 3.05) is 0 Å². The highest BCUT2D eigenvalue weighted by Crippen LogP contribution is 2.17. The van der Waals surface area contributed by atoms with Crippen LogP contribution in [0.5, 0.6) is 0 Å². The molecule has 206 valence electrons. The average molecular weight is 490 g/mol. The van der Waals surface area contributed by atoms with E-state index in [1.165, 1.54) is 167 Å². The van der Waals surface area contributed by atoms with Gasteiger partial charge in [-0.15, -0.1) is 0 Å². The van der Waals surface area contributed by atoms with E-state index in [1.807, 2.05) is 0 Å². The molecule has 0 saturated heterocycles. The smallest absolute Gasteiger partial charge is 0.237 e. The number of hydrogen-bond donors (Lipinski definition) is 0. The van der Waals surface area contributed by atoms with Crippen LogP contribution in [0.4, 0.5) is 0 Å². The van der Waals surface area contributed by atoms with Crippen molar-refractivity contribution >= 4 is 0 Å². The fourth-order valence-corrected chi connectivity index (χ4v) is 5.37. The SMILES string of the molecule is CCCCCCCCCCCCCCCCCC(C)n1cc[n+](CCCCCCCCCCC)c1. The molecule has 0 bridgehead atoms. The van der Waals surface area contributed by atoms with Crippen molar-refractivity contribution in [1.29, 1.82) is 0 Å². The Bertz CT molecular complexity index is 535. The van der Waals surface area contributed by atoms with Crippen LogP contribution < -0.4 is 4.57 Å². The first kappa shape index (κ1) is 32.2. The van der Waals surface area contributed by atoms with Crippen molar-refractivity contribution in [3.8, 4) is 0 Å². The largest absolute Gasteiger partial charge is 0.243 e. The fraction of sp³-hybridized carbons (Fsp3) is 0.909.